The number of rotatable bonds is 9. The second-order valence-electron chi connectivity index (χ2n) is 4.84. The number of imidazole rings is 1. The zero-order chi connectivity index (χ0) is 14.8. The van der Waals surface area contributed by atoms with Gasteiger partial charge in [0.1, 0.15) is 0 Å². The molecule has 0 aliphatic rings. The van der Waals surface area contributed by atoms with Gasteiger partial charge in [0.2, 0.25) is 0 Å². The first-order chi connectivity index (χ1) is 9.58. The summed E-state index contributed by atoms with van der Waals surface area (Å²) in [5.74, 6) is -0.488. The van der Waals surface area contributed by atoms with E-state index in [0.717, 1.165) is 12.1 Å². The van der Waals surface area contributed by atoms with Crippen molar-refractivity contribution in [3.63, 3.8) is 0 Å². The van der Waals surface area contributed by atoms with Crippen LogP contribution in [0.15, 0.2) is 12.5 Å². The van der Waals surface area contributed by atoms with Crippen molar-refractivity contribution in [3.8, 4) is 0 Å². The molecular formula is C13H22N4O3. The Kier molecular flexibility index (Phi) is 7.16. The van der Waals surface area contributed by atoms with Gasteiger partial charge in [-0.05, 0) is 18.8 Å². The average Bonchev–Trinajstić information content (AvgIpc) is 2.89. The molecule has 1 rings (SSSR count). The third-order valence-corrected chi connectivity index (χ3v) is 3.01. The van der Waals surface area contributed by atoms with E-state index in [1.54, 1.807) is 12.5 Å². The molecule has 1 aromatic rings. The number of nitrogens with one attached hydrogen (secondary N) is 3. The first-order valence-electron chi connectivity index (χ1n) is 6.78. The molecule has 20 heavy (non-hydrogen) atoms. The van der Waals surface area contributed by atoms with Gasteiger partial charge in [-0.3, -0.25) is 4.79 Å². The number of hydrogen-bond acceptors (Lipinski definition) is 3. The molecule has 1 aromatic heterocycles. The van der Waals surface area contributed by atoms with Gasteiger partial charge in [0.25, 0.3) is 0 Å². The van der Waals surface area contributed by atoms with E-state index in [4.69, 9.17) is 5.11 Å². The Bertz CT molecular complexity index is 406. The fourth-order valence-corrected chi connectivity index (χ4v) is 1.74. The Balaban J connectivity index is 2.00. The molecule has 112 valence electrons. The minimum Gasteiger partial charge on any atom is -0.481 e. The van der Waals surface area contributed by atoms with E-state index in [2.05, 4.69) is 20.6 Å². The van der Waals surface area contributed by atoms with Crippen molar-refractivity contribution in [1.82, 2.24) is 20.6 Å². The Morgan fingerprint density at radius 3 is 2.75 bits per heavy atom. The van der Waals surface area contributed by atoms with Crippen molar-refractivity contribution in [1.29, 1.82) is 0 Å². The molecule has 0 bridgehead atoms. The maximum absolute atomic E-state index is 11.5. The summed E-state index contributed by atoms with van der Waals surface area (Å²) in [6.07, 6.45) is 5.64. The van der Waals surface area contributed by atoms with E-state index >= 15 is 0 Å². The summed E-state index contributed by atoms with van der Waals surface area (Å²) in [7, 11) is 0. The quantitative estimate of drug-likeness (QED) is 0.545. The first-order valence-corrected chi connectivity index (χ1v) is 6.78. The molecule has 0 spiro atoms. The van der Waals surface area contributed by atoms with Gasteiger partial charge < -0.3 is 20.7 Å². The molecule has 1 unspecified atom stereocenters. The highest BCUT2D eigenvalue weighted by Crippen LogP contribution is 2.08. The molecule has 0 aromatic carbocycles. The zero-order valence-corrected chi connectivity index (χ0v) is 11.7. The molecule has 7 heteroatoms. The predicted molar refractivity (Wildman–Crippen MR) is 74.3 cm³/mol. The van der Waals surface area contributed by atoms with Gasteiger partial charge in [-0.2, -0.15) is 0 Å². The van der Waals surface area contributed by atoms with Crippen LogP contribution < -0.4 is 10.6 Å². The normalized spacial score (nSPS) is 11.8. The van der Waals surface area contributed by atoms with Crippen molar-refractivity contribution < 1.29 is 14.7 Å². The van der Waals surface area contributed by atoms with E-state index in [9.17, 15) is 9.59 Å². The van der Waals surface area contributed by atoms with Crippen LogP contribution in [0.2, 0.25) is 0 Å². The Hall–Kier alpha value is -2.05. The summed E-state index contributed by atoms with van der Waals surface area (Å²) in [4.78, 5) is 28.7. The van der Waals surface area contributed by atoms with Crippen LogP contribution in [-0.2, 0) is 11.2 Å². The standard InChI is InChI=1S/C13H22N4O3/c1-10(2-3-12(18)19)4-6-15-13(20)16-7-5-11-8-14-9-17-11/h8-10H,2-7H2,1H3,(H,14,17)(H,18,19)(H2,15,16,20). The molecule has 0 aliphatic carbocycles. The van der Waals surface area contributed by atoms with Gasteiger partial charge in [0, 0.05) is 37.8 Å². The molecule has 0 aliphatic heterocycles. The minimum absolute atomic E-state index is 0.178. The van der Waals surface area contributed by atoms with Gasteiger partial charge in [0.05, 0.1) is 6.33 Å². The Morgan fingerprint density at radius 2 is 2.10 bits per heavy atom. The number of nitrogens with zero attached hydrogens (tertiary/aromatic N) is 1. The predicted octanol–water partition coefficient (Wildman–Crippen LogP) is 1.14. The monoisotopic (exact) mass is 282 g/mol. The summed E-state index contributed by atoms with van der Waals surface area (Å²) in [6.45, 7) is 3.08. The maximum Gasteiger partial charge on any atom is 0.314 e. The lowest BCUT2D eigenvalue weighted by molar-refractivity contribution is -0.137. The number of hydrogen-bond donors (Lipinski definition) is 4. The van der Waals surface area contributed by atoms with Crippen molar-refractivity contribution in [3.05, 3.63) is 18.2 Å². The van der Waals surface area contributed by atoms with E-state index in [-0.39, 0.29) is 18.4 Å². The second kappa shape index (κ2) is 8.95. The van der Waals surface area contributed by atoms with Crippen LogP contribution >= 0.6 is 0 Å². The van der Waals surface area contributed by atoms with Crippen LogP contribution in [0.5, 0.6) is 0 Å². The van der Waals surface area contributed by atoms with Gasteiger partial charge in [-0.15, -0.1) is 0 Å². The number of carboxylic acid groups (broad SMARTS) is 1. The molecule has 4 N–H and O–H groups in total. The highest BCUT2D eigenvalue weighted by Gasteiger charge is 2.06. The van der Waals surface area contributed by atoms with Gasteiger partial charge in [-0.25, -0.2) is 9.78 Å². The summed E-state index contributed by atoms with van der Waals surface area (Å²) >= 11 is 0. The van der Waals surface area contributed by atoms with Crippen LogP contribution in [-0.4, -0.2) is 40.2 Å². The number of aliphatic carboxylic acids is 1. The molecule has 7 nitrogen and oxygen atoms in total. The topological polar surface area (TPSA) is 107 Å². The van der Waals surface area contributed by atoms with Gasteiger partial charge >= 0.3 is 12.0 Å². The number of amides is 2. The molecule has 0 saturated carbocycles. The molecule has 0 fully saturated rings. The van der Waals surface area contributed by atoms with Crippen molar-refractivity contribution >= 4 is 12.0 Å². The third-order valence-electron chi connectivity index (χ3n) is 3.01. The fourth-order valence-electron chi connectivity index (χ4n) is 1.74. The maximum atomic E-state index is 11.5. The van der Waals surface area contributed by atoms with Crippen molar-refractivity contribution in [2.45, 2.75) is 32.6 Å². The number of carbonyl (C=O) groups is 2. The SMILES string of the molecule is CC(CCNC(=O)NCCc1cnc[nH]1)CCC(=O)O. The van der Waals surface area contributed by atoms with Crippen LogP contribution in [0.25, 0.3) is 0 Å². The van der Waals surface area contributed by atoms with E-state index < -0.39 is 5.97 Å². The Morgan fingerprint density at radius 1 is 1.35 bits per heavy atom. The summed E-state index contributed by atoms with van der Waals surface area (Å²) in [6, 6.07) is -0.199. The molecule has 2 amide bonds. The van der Waals surface area contributed by atoms with Crippen LogP contribution in [0, 0.1) is 5.92 Å². The van der Waals surface area contributed by atoms with Crippen LogP contribution in [0.4, 0.5) is 4.79 Å². The second-order valence-corrected chi connectivity index (χ2v) is 4.84. The largest absolute Gasteiger partial charge is 0.481 e. The van der Waals surface area contributed by atoms with E-state index in [1.807, 2.05) is 6.92 Å². The Labute approximate surface area is 118 Å². The smallest absolute Gasteiger partial charge is 0.314 e. The first kappa shape index (κ1) is 16.0. The van der Waals surface area contributed by atoms with Crippen LogP contribution in [0.1, 0.15) is 31.9 Å². The number of aromatic amines is 1. The molecule has 1 heterocycles. The highest BCUT2D eigenvalue weighted by atomic mass is 16.4. The zero-order valence-electron chi connectivity index (χ0n) is 11.7. The number of aromatic nitrogens is 2. The highest BCUT2D eigenvalue weighted by molar-refractivity contribution is 5.73. The minimum atomic E-state index is -0.777. The lowest BCUT2D eigenvalue weighted by Crippen LogP contribution is -2.37. The van der Waals surface area contributed by atoms with Crippen LogP contribution in [0.3, 0.4) is 0 Å². The van der Waals surface area contributed by atoms with Gasteiger partial charge in [-0.1, -0.05) is 6.92 Å². The summed E-state index contributed by atoms with van der Waals surface area (Å²) in [5, 5.41) is 14.1. The number of carbonyl (C=O) groups excluding carboxylic acids is 1. The van der Waals surface area contributed by atoms with Crippen molar-refractivity contribution in [2.24, 2.45) is 5.92 Å². The molecule has 0 radical (unpaired) electrons. The van der Waals surface area contributed by atoms with Crippen molar-refractivity contribution in [2.75, 3.05) is 13.1 Å². The number of urea groups is 1. The number of H-pyrrole nitrogens is 1. The fraction of sp³-hybridized carbons (Fsp3) is 0.615. The molecule has 0 saturated heterocycles. The van der Waals surface area contributed by atoms with Gasteiger partial charge in [0.15, 0.2) is 0 Å². The van der Waals surface area contributed by atoms with E-state index in [0.29, 0.717) is 25.9 Å². The number of carboxylic acids is 1. The average molecular weight is 282 g/mol. The lowest BCUT2D eigenvalue weighted by atomic mass is 10.0. The molecular weight excluding hydrogens is 260 g/mol. The third kappa shape index (κ3) is 7.40. The summed E-state index contributed by atoms with van der Waals surface area (Å²) < 4.78 is 0. The summed E-state index contributed by atoms with van der Waals surface area (Å²) in [5.41, 5.74) is 0.979. The lowest BCUT2D eigenvalue weighted by Gasteiger charge is -2.11. The van der Waals surface area contributed by atoms with E-state index in [1.165, 1.54) is 0 Å². The molecule has 1 atom stereocenters.